The molecule has 2 fully saturated rings. The van der Waals surface area contributed by atoms with E-state index in [0.29, 0.717) is 11.7 Å². The lowest BCUT2D eigenvalue weighted by Crippen LogP contribution is -2.35. The Labute approximate surface area is 131 Å². The second-order valence-corrected chi connectivity index (χ2v) is 6.48. The minimum absolute atomic E-state index is 0.209. The molecule has 1 aromatic heterocycles. The summed E-state index contributed by atoms with van der Waals surface area (Å²) in [6.45, 7) is 3.25. The van der Waals surface area contributed by atoms with Crippen LogP contribution in [0.5, 0.6) is 0 Å². The van der Waals surface area contributed by atoms with Crippen molar-refractivity contribution in [1.82, 2.24) is 14.9 Å². The van der Waals surface area contributed by atoms with Gasteiger partial charge < -0.3 is 16.0 Å². The van der Waals surface area contributed by atoms with Crippen molar-refractivity contribution in [3.63, 3.8) is 0 Å². The van der Waals surface area contributed by atoms with Gasteiger partial charge in [-0.05, 0) is 31.7 Å². The van der Waals surface area contributed by atoms with Gasteiger partial charge in [0.05, 0.1) is 12.4 Å². The lowest BCUT2D eigenvalue weighted by atomic mass is 9.94. The SMILES string of the molecule is NC(=O)c1cncc(NCC2CCN(C3CCCCC3)C2)n1. The standard InChI is InChI=1S/C16H25N5O/c17-16(22)14-9-18-10-15(20-14)19-8-12-6-7-21(11-12)13-4-2-1-3-5-13/h9-10,12-13H,1-8,11H2,(H2,17,22)(H,19,20). The quantitative estimate of drug-likeness (QED) is 0.864. The van der Waals surface area contributed by atoms with Gasteiger partial charge >= 0.3 is 0 Å². The van der Waals surface area contributed by atoms with Crippen molar-refractivity contribution in [2.45, 2.75) is 44.6 Å². The summed E-state index contributed by atoms with van der Waals surface area (Å²) in [6.07, 6.45) is 11.2. The number of nitrogens with two attached hydrogens (primary N) is 1. The topological polar surface area (TPSA) is 84.1 Å². The van der Waals surface area contributed by atoms with Crippen LogP contribution in [0.2, 0.25) is 0 Å². The van der Waals surface area contributed by atoms with Gasteiger partial charge in [0.25, 0.3) is 5.91 Å². The van der Waals surface area contributed by atoms with E-state index in [9.17, 15) is 4.79 Å². The van der Waals surface area contributed by atoms with Gasteiger partial charge in [0.15, 0.2) is 0 Å². The van der Waals surface area contributed by atoms with Gasteiger partial charge in [0.1, 0.15) is 11.5 Å². The van der Waals surface area contributed by atoms with Crippen LogP contribution in [-0.2, 0) is 0 Å². The van der Waals surface area contributed by atoms with Gasteiger partial charge in [-0.1, -0.05) is 19.3 Å². The van der Waals surface area contributed by atoms with Crippen LogP contribution in [0.25, 0.3) is 0 Å². The molecule has 120 valence electrons. The van der Waals surface area contributed by atoms with Crippen LogP contribution >= 0.6 is 0 Å². The van der Waals surface area contributed by atoms with Crippen LogP contribution in [0.15, 0.2) is 12.4 Å². The highest BCUT2D eigenvalue weighted by molar-refractivity contribution is 5.90. The second kappa shape index (κ2) is 7.05. The zero-order valence-corrected chi connectivity index (χ0v) is 13.0. The molecule has 1 aromatic rings. The van der Waals surface area contributed by atoms with E-state index >= 15 is 0 Å². The fraction of sp³-hybridized carbons (Fsp3) is 0.688. The molecule has 1 unspecified atom stereocenters. The number of primary amides is 1. The maximum atomic E-state index is 11.1. The molecule has 6 nitrogen and oxygen atoms in total. The van der Waals surface area contributed by atoms with Gasteiger partial charge in [0, 0.05) is 19.1 Å². The molecule has 0 aromatic carbocycles. The van der Waals surface area contributed by atoms with Crippen molar-refractivity contribution < 1.29 is 4.79 Å². The van der Waals surface area contributed by atoms with Crippen molar-refractivity contribution in [1.29, 1.82) is 0 Å². The Morgan fingerprint density at radius 2 is 2.09 bits per heavy atom. The fourth-order valence-electron chi connectivity index (χ4n) is 3.63. The average Bonchev–Trinajstić information content (AvgIpc) is 3.03. The minimum atomic E-state index is -0.541. The van der Waals surface area contributed by atoms with Gasteiger partial charge in [0.2, 0.25) is 0 Å². The van der Waals surface area contributed by atoms with E-state index in [-0.39, 0.29) is 5.69 Å². The minimum Gasteiger partial charge on any atom is -0.368 e. The van der Waals surface area contributed by atoms with Crippen LogP contribution in [0, 0.1) is 5.92 Å². The predicted molar refractivity (Wildman–Crippen MR) is 85.6 cm³/mol. The Kier molecular flexibility index (Phi) is 4.87. The number of rotatable bonds is 5. The molecule has 1 saturated heterocycles. The van der Waals surface area contributed by atoms with Crippen molar-refractivity contribution in [2.24, 2.45) is 11.7 Å². The van der Waals surface area contributed by atoms with Crippen LogP contribution < -0.4 is 11.1 Å². The van der Waals surface area contributed by atoms with Crippen LogP contribution in [-0.4, -0.2) is 46.5 Å². The van der Waals surface area contributed by atoms with Gasteiger partial charge in [-0.2, -0.15) is 0 Å². The normalized spacial score (nSPS) is 23.5. The molecule has 6 heteroatoms. The number of anilines is 1. The molecule has 3 rings (SSSR count). The molecule has 0 radical (unpaired) electrons. The lowest BCUT2D eigenvalue weighted by Gasteiger charge is -2.31. The van der Waals surface area contributed by atoms with Gasteiger partial charge in [-0.3, -0.25) is 9.78 Å². The molecular formula is C16H25N5O. The maximum Gasteiger partial charge on any atom is 0.268 e. The van der Waals surface area contributed by atoms with Crippen molar-refractivity contribution in [3.05, 3.63) is 18.1 Å². The average molecular weight is 303 g/mol. The Morgan fingerprint density at radius 1 is 1.27 bits per heavy atom. The number of aromatic nitrogens is 2. The van der Waals surface area contributed by atoms with Crippen LogP contribution in [0.1, 0.15) is 49.0 Å². The molecular weight excluding hydrogens is 278 g/mol. The summed E-state index contributed by atoms with van der Waals surface area (Å²) in [5, 5.41) is 3.30. The smallest absolute Gasteiger partial charge is 0.268 e. The fourth-order valence-corrected chi connectivity index (χ4v) is 3.63. The zero-order chi connectivity index (χ0) is 15.4. The third-order valence-electron chi connectivity index (χ3n) is 4.87. The van der Waals surface area contributed by atoms with Crippen molar-refractivity contribution in [3.8, 4) is 0 Å². The molecule has 3 N–H and O–H groups in total. The number of likely N-dealkylation sites (tertiary alicyclic amines) is 1. The number of carbonyl (C=O) groups excluding carboxylic acids is 1. The molecule has 22 heavy (non-hydrogen) atoms. The van der Waals surface area contributed by atoms with E-state index in [0.717, 1.165) is 12.6 Å². The Balaban J connectivity index is 1.48. The number of carbonyl (C=O) groups is 1. The van der Waals surface area contributed by atoms with Gasteiger partial charge in [-0.15, -0.1) is 0 Å². The summed E-state index contributed by atoms with van der Waals surface area (Å²) >= 11 is 0. The van der Waals surface area contributed by atoms with E-state index in [1.165, 1.54) is 57.8 Å². The summed E-state index contributed by atoms with van der Waals surface area (Å²) in [5.74, 6) is 0.730. The first-order chi connectivity index (χ1) is 10.7. The van der Waals surface area contributed by atoms with E-state index in [1.54, 1.807) is 6.20 Å². The van der Waals surface area contributed by atoms with Crippen molar-refractivity contribution >= 4 is 11.7 Å². The predicted octanol–water partition coefficient (Wildman–Crippen LogP) is 1.64. The monoisotopic (exact) mass is 303 g/mol. The summed E-state index contributed by atoms with van der Waals surface area (Å²) < 4.78 is 0. The van der Waals surface area contributed by atoms with Crippen molar-refractivity contribution in [2.75, 3.05) is 25.0 Å². The summed E-state index contributed by atoms with van der Waals surface area (Å²) in [5.41, 5.74) is 5.43. The third-order valence-corrected chi connectivity index (χ3v) is 4.87. The molecule has 2 aliphatic rings. The highest BCUT2D eigenvalue weighted by Crippen LogP contribution is 2.27. The van der Waals surface area contributed by atoms with Crippen LogP contribution in [0.3, 0.4) is 0 Å². The molecule has 1 saturated carbocycles. The number of nitrogens with one attached hydrogen (secondary N) is 1. The molecule has 1 amide bonds. The second-order valence-electron chi connectivity index (χ2n) is 6.48. The van der Waals surface area contributed by atoms with E-state index in [4.69, 9.17) is 5.73 Å². The molecule has 0 spiro atoms. The molecule has 0 bridgehead atoms. The first-order valence-electron chi connectivity index (χ1n) is 8.32. The first kappa shape index (κ1) is 15.2. The van der Waals surface area contributed by atoms with E-state index < -0.39 is 5.91 Å². The maximum absolute atomic E-state index is 11.1. The Morgan fingerprint density at radius 3 is 2.86 bits per heavy atom. The van der Waals surface area contributed by atoms with Gasteiger partial charge in [-0.25, -0.2) is 4.98 Å². The number of hydrogen-bond donors (Lipinski definition) is 2. The zero-order valence-electron chi connectivity index (χ0n) is 13.0. The molecule has 2 heterocycles. The Bertz CT molecular complexity index is 515. The number of nitrogens with zero attached hydrogens (tertiary/aromatic N) is 3. The lowest BCUT2D eigenvalue weighted by molar-refractivity contribution is 0.0995. The Hall–Kier alpha value is -1.69. The van der Waals surface area contributed by atoms with E-state index in [2.05, 4.69) is 20.2 Å². The summed E-state index contributed by atoms with van der Waals surface area (Å²) in [6, 6.07) is 0.803. The number of hydrogen-bond acceptors (Lipinski definition) is 5. The first-order valence-corrected chi connectivity index (χ1v) is 8.32. The summed E-state index contributed by atoms with van der Waals surface area (Å²) in [4.78, 5) is 22.0. The highest BCUT2D eigenvalue weighted by atomic mass is 16.1. The highest BCUT2D eigenvalue weighted by Gasteiger charge is 2.28. The van der Waals surface area contributed by atoms with E-state index in [1.807, 2.05) is 0 Å². The molecule has 1 aliphatic carbocycles. The third kappa shape index (κ3) is 3.74. The summed E-state index contributed by atoms with van der Waals surface area (Å²) in [7, 11) is 0. The molecule has 1 atom stereocenters. The number of amides is 1. The molecule has 1 aliphatic heterocycles. The largest absolute Gasteiger partial charge is 0.368 e. The van der Waals surface area contributed by atoms with Crippen LogP contribution in [0.4, 0.5) is 5.82 Å².